The minimum atomic E-state index is 0.221. The van der Waals surface area contributed by atoms with E-state index in [0.29, 0.717) is 10.8 Å². The lowest BCUT2D eigenvalue weighted by atomic mass is 9.49. The molecule has 0 aromatic heterocycles. The molecule has 0 amide bonds. The quantitative estimate of drug-likeness (QED) is 0.452. The Balaban J connectivity index is 1.53. The number of fused-ring (bicyclic) bond motifs is 4. The first-order valence-electron chi connectivity index (χ1n) is 13.2. The first-order chi connectivity index (χ1) is 14.2. The Kier molecular flexibility index (Phi) is 6.35. The number of aliphatic hydroxyl groups is 1. The van der Waals surface area contributed by atoms with E-state index in [-0.39, 0.29) is 6.61 Å². The molecule has 2 fully saturated rings. The van der Waals surface area contributed by atoms with E-state index in [1.54, 1.807) is 0 Å². The summed E-state index contributed by atoms with van der Waals surface area (Å²) < 4.78 is 0. The number of allylic oxidation sites excluding steroid dienone is 3. The molecule has 0 radical (unpaired) electrons. The van der Waals surface area contributed by atoms with Gasteiger partial charge < -0.3 is 5.11 Å². The largest absolute Gasteiger partial charge is 0.392 e. The average molecular weight is 413 g/mol. The van der Waals surface area contributed by atoms with Gasteiger partial charge in [-0.3, -0.25) is 0 Å². The van der Waals surface area contributed by atoms with Crippen LogP contribution in [0.5, 0.6) is 0 Å². The van der Waals surface area contributed by atoms with Crippen LogP contribution in [0.3, 0.4) is 0 Å². The van der Waals surface area contributed by atoms with Crippen LogP contribution in [-0.2, 0) is 0 Å². The van der Waals surface area contributed by atoms with Crippen molar-refractivity contribution in [3.63, 3.8) is 0 Å². The molecule has 0 bridgehead atoms. The Bertz CT molecular complexity index is 714. The van der Waals surface area contributed by atoms with Crippen LogP contribution in [-0.4, -0.2) is 11.7 Å². The van der Waals surface area contributed by atoms with E-state index in [1.165, 1.54) is 75.4 Å². The molecule has 0 aliphatic heterocycles. The molecule has 0 heterocycles. The maximum Gasteiger partial charge on any atom is 0.0641 e. The van der Waals surface area contributed by atoms with Crippen molar-refractivity contribution in [3.05, 3.63) is 22.3 Å². The number of rotatable bonds is 5. The van der Waals surface area contributed by atoms with Gasteiger partial charge in [0.25, 0.3) is 0 Å². The van der Waals surface area contributed by atoms with Gasteiger partial charge in [-0.1, -0.05) is 57.3 Å². The molecule has 4 aliphatic carbocycles. The zero-order valence-electron chi connectivity index (χ0n) is 20.8. The minimum absolute atomic E-state index is 0.221. The van der Waals surface area contributed by atoms with Crippen LogP contribution in [0.4, 0.5) is 0 Å². The van der Waals surface area contributed by atoms with Gasteiger partial charge in [0.05, 0.1) is 6.61 Å². The molecule has 7 atom stereocenters. The lowest BCUT2D eigenvalue weighted by Crippen LogP contribution is -2.45. The predicted molar refractivity (Wildman–Crippen MR) is 128 cm³/mol. The first-order valence-corrected chi connectivity index (χ1v) is 13.2. The molecule has 4 rings (SSSR count). The maximum absolute atomic E-state index is 9.44. The molecule has 2 unspecified atom stereocenters. The summed E-state index contributed by atoms with van der Waals surface area (Å²) in [5, 5.41) is 9.44. The van der Waals surface area contributed by atoms with Crippen LogP contribution < -0.4 is 0 Å². The number of hydrogen-bond donors (Lipinski definition) is 1. The zero-order valence-corrected chi connectivity index (χ0v) is 20.8. The Morgan fingerprint density at radius 3 is 2.53 bits per heavy atom. The molecule has 0 saturated heterocycles. The van der Waals surface area contributed by atoms with Crippen molar-refractivity contribution < 1.29 is 5.11 Å². The Morgan fingerprint density at radius 2 is 1.80 bits per heavy atom. The van der Waals surface area contributed by atoms with E-state index in [1.807, 2.05) is 11.1 Å². The highest BCUT2D eigenvalue weighted by Gasteiger charge is 2.55. The molecule has 1 heteroatoms. The third-order valence-corrected chi connectivity index (χ3v) is 11.0. The number of aliphatic hydroxyl groups excluding tert-OH is 1. The highest BCUT2D eigenvalue weighted by atomic mass is 16.3. The van der Waals surface area contributed by atoms with E-state index in [2.05, 4.69) is 41.5 Å². The second-order valence-corrected chi connectivity index (χ2v) is 12.4. The Labute approximate surface area is 186 Å². The van der Waals surface area contributed by atoms with Gasteiger partial charge in [-0.25, -0.2) is 0 Å². The van der Waals surface area contributed by atoms with Gasteiger partial charge >= 0.3 is 0 Å². The highest BCUT2D eigenvalue weighted by Crippen LogP contribution is 2.66. The smallest absolute Gasteiger partial charge is 0.0641 e. The van der Waals surface area contributed by atoms with Gasteiger partial charge in [-0.15, -0.1) is 0 Å². The fourth-order valence-electron chi connectivity index (χ4n) is 8.96. The summed E-state index contributed by atoms with van der Waals surface area (Å²) in [6, 6.07) is 0. The third kappa shape index (κ3) is 3.56. The fraction of sp³-hybridized carbons (Fsp3) is 0.862. The molecule has 0 aromatic rings. The SMILES string of the molecule is CC(CO)=C(C)CC[C@@H](C)[C@H]1CC[C@H]2C3=C(CC[C@]12C)[C@@]1(C)CCCC(C)C1CC3. The summed E-state index contributed by atoms with van der Waals surface area (Å²) in [5.74, 6) is 4.44. The summed E-state index contributed by atoms with van der Waals surface area (Å²) in [4.78, 5) is 0. The normalized spacial score (nSPS) is 42.9. The second kappa shape index (κ2) is 8.42. The van der Waals surface area contributed by atoms with Crippen LogP contribution in [0.15, 0.2) is 22.3 Å². The average Bonchev–Trinajstić information content (AvgIpc) is 3.08. The third-order valence-electron chi connectivity index (χ3n) is 11.0. The lowest BCUT2D eigenvalue weighted by Gasteiger charge is -2.56. The number of hydrogen-bond acceptors (Lipinski definition) is 1. The molecule has 0 aromatic carbocycles. The van der Waals surface area contributed by atoms with E-state index in [4.69, 9.17) is 0 Å². The Morgan fingerprint density at radius 1 is 1.03 bits per heavy atom. The monoisotopic (exact) mass is 412 g/mol. The van der Waals surface area contributed by atoms with Crippen molar-refractivity contribution in [1.29, 1.82) is 0 Å². The summed E-state index contributed by atoms with van der Waals surface area (Å²) >= 11 is 0. The van der Waals surface area contributed by atoms with E-state index < -0.39 is 0 Å². The molecule has 1 nitrogen and oxygen atoms in total. The standard InChI is InChI=1S/C29H48O/c1-19(22(4)18-30)9-10-21(3)25-13-14-26-23-11-12-24-20(2)8-7-16-28(24,5)27(23)15-17-29(25,26)6/h20-21,24-26,30H,7-18H2,1-6H3/t20?,21-,24?,25-,26+,28+,29-/m1/s1. The van der Waals surface area contributed by atoms with Crippen LogP contribution >= 0.6 is 0 Å². The topological polar surface area (TPSA) is 20.2 Å². The van der Waals surface area contributed by atoms with Gasteiger partial charge in [-0.05, 0) is 118 Å². The van der Waals surface area contributed by atoms with Crippen molar-refractivity contribution in [1.82, 2.24) is 0 Å². The van der Waals surface area contributed by atoms with Gasteiger partial charge in [0.2, 0.25) is 0 Å². The molecule has 2 saturated carbocycles. The molecule has 1 N–H and O–H groups in total. The summed E-state index contributed by atoms with van der Waals surface area (Å²) in [5.41, 5.74) is 7.56. The molecule has 170 valence electrons. The predicted octanol–water partition coefficient (Wildman–Crippen LogP) is 8.09. The first kappa shape index (κ1) is 22.6. The molecule has 4 aliphatic rings. The van der Waals surface area contributed by atoms with Crippen LogP contribution in [0, 0.1) is 40.4 Å². The summed E-state index contributed by atoms with van der Waals surface area (Å²) in [6.07, 6.45) is 15.4. The maximum atomic E-state index is 9.44. The van der Waals surface area contributed by atoms with Crippen molar-refractivity contribution >= 4 is 0 Å². The van der Waals surface area contributed by atoms with Crippen molar-refractivity contribution in [2.75, 3.05) is 6.61 Å². The van der Waals surface area contributed by atoms with Crippen LogP contribution in [0.2, 0.25) is 0 Å². The van der Waals surface area contributed by atoms with Gasteiger partial charge in [0, 0.05) is 0 Å². The molecular weight excluding hydrogens is 364 g/mol. The van der Waals surface area contributed by atoms with E-state index in [9.17, 15) is 5.11 Å². The lowest BCUT2D eigenvalue weighted by molar-refractivity contribution is 0.0440. The van der Waals surface area contributed by atoms with Crippen LogP contribution in [0.25, 0.3) is 0 Å². The molecular formula is C29H48O. The summed E-state index contributed by atoms with van der Waals surface area (Å²) in [7, 11) is 0. The van der Waals surface area contributed by atoms with Crippen molar-refractivity contribution in [3.8, 4) is 0 Å². The highest BCUT2D eigenvalue weighted by molar-refractivity contribution is 5.34. The van der Waals surface area contributed by atoms with Gasteiger partial charge in [0.15, 0.2) is 0 Å². The summed E-state index contributed by atoms with van der Waals surface area (Å²) in [6.45, 7) is 14.9. The van der Waals surface area contributed by atoms with E-state index in [0.717, 1.165) is 36.0 Å². The van der Waals surface area contributed by atoms with Gasteiger partial charge in [-0.2, -0.15) is 0 Å². The van der Waals surface area contributed by atoms with Crippen molar-refractivity contribution in [2.24, 2.45) is 40.4 Å². The zero-order chi connectivity index (χ0) is 21.7. The van der Waals surface area contributed by atoms with E-state index >= 15 is 0 Å². The fourth-order valence-corrected chi connectivity index (χ4v) is 8.96. The Hall–Kier alpha value is -0.560. The molecule has 30 heavy (non-hydrogen) atoms. The minimum Gasteiger partial charge on any atom is -0.392 e. The van der Waals surface area contributed by atoms with Crippen LogP contribution in [0.1, 0.15) is 112 Å². The van der Waals surface area contributed by atoms with Gasteiger partial charge in [0.1, 0.15) is 0 Å². The molecule has 0 spiro atoms. The van der Waals surface area contributed by atoms with Crippen molar-refractivity contribution in [2.45, 2.75) is 112 Å². The second-order valence-electron chi connectivity index (χ2n) is 12.4.